The molecule has 0 spiro atoms. The number of imide groups is 1. The van der Waals surface area contributed by atoms with Gasteiger partial charge >= 0.3 is 6.09 Å². The monoisotopic (exact) mass is 488 g/mol. The summed E-state index contributed by atoms with van der Waals surface area (Å²) in [5.74, 6) is -0.602. The second-order valence-electron chi connectivity index (χ2n) is 10.1. The molecule has 0 radical (unpaired) electrons. The number of para-hydroxylation sites is 1. The second-order valence-corrected chi connectivity index (χ2v) is 10.1. The third-order valence-electron chi connectivity index (χ3n) is 6.38. The lowest BCUT2D eigenvalue weighted by molar-refractivity contribution is -0.130. The van der Waals surface area contributed by atoms with Crippen molar-refractivity contribution in [3.63, 3.8) is 0 Å². The van der Waals surface area contributed by atoms with E-state index in [1.807, 2.05) is 67.6 Å². The molecular formula is C29H32N2O5. The van der Waals surface area contributed by atoms with Crippen LogP contribution in [0.5, 0.6) is 0 Å². The molecule has 2 atom stereocenters. The van der Waals surface area contributed by atoms with Gasteiger partial charge in [-0.3, -0.25) is 14.5 Å². The Balaban J connectivity index is 1.62. The van der Waals surface area contributed by atoms with Crippen LogP contribution in [0.1, 0.15) is 59.1 Å². The van der Waals surface area contributed by atoms with E-state index in [2.05, 4.69) is 0 Å². The number of hydrogen-bond acceptors (Lipinski definition) is 5. The summed E-state index contributed by atoms with van der Waals surface area (Å²) in [6.07, 6.45) is 0.981. The van der Waals surface area contributed by atoms with Gasteiger partial charge in [0.25, 0.3) is 11.8 Å². The van der Waals surface area contributed by atoms with E-state index in [1.165, 1.54) is 11.2 Å². The zero-order valence-corrected chi connectivity index (χ0v) is 21.4. The first kappa shape index (κ1) is 25.2. The highest BCUT2D eigenvalue weighted by molar-refractivity contribution is 6.09. The summed E-state index contributed by atoms with van der Waals surface area (Å²) < 4.78 is 11.7. The van der Waals surface area contributed by atoms with E-state index in [0.717, 1.165) is 11.1 Å². The highest BCUT2D eigenvalue weighted by Crippen LogP contribution is 2.36. The third-order valence-corrected chi connectivity index (χ3v) is 6.38. The number of hydrogen-bond donors (Lipinski definition) is 0. The first-order chi connectivity index (χ1) is 17.1. The van der Waals surface area contributed by atoms with E-state index in [9.17, 15) is 14.4 Å². The Kier molecular flexibility index (Phi) is 7.02. The van der Waals surface area contributed by atoms with Crippen LogP contribution in [0.15, 0.2) is 83.6 Å². The molecule has 3 amide bonds. The molecule has 2 unspecified atom stereocenters. The van der Waals surface area contributed by atoms with Crippen molar-refractivity contribution in [2.45, 2.75) is 65.3 Å². The Morgan fingerprint density at radius 3 is 2.17 bits per heavy atom. The van der Waals surface area contributed by atoms with Crippen LogP contribution in [0.25, 0.3) is 0 Å². The first-order valence-electron chi connectivity index (χ1n) is 12.1. The third kappa shape index (κ3) is 5.05. The zero-order valence-electron chi connectivity index (χ0n) is 21.4. The summed E-state index contributed by atoms with van der Waals surface area (Å²) in [5, 5.41) is 0. The Bertz CT molecular complexity index is 1210. The maximum Gasteiger partial charge on any atom is 0.417 e. The van der Waals surface area contributed by atoms with E-state index in [4.69, 9.17) is 9.47 Å². The Labute approximate surface area is 212 Å². The fourth-order valence-corrected chi connectivity index (χ4v) is 4.43. The van der Waals surface area contributed by atoms with Crippen molar-refractivity contribution in [2.75, 3.05) is 4.90 Å². The SMILES string of the molecule is CC1=C(C)C(O/C=C2\CCC(c3ccccc3)N(C(=O)OC(C)(C)C)C2=O)N(c2ccccc2)C1=O. The Morgan fingerprint density at radius 1 is 0.944 bits per heavy atom. The zero-order chi connectivity index (χ0) is 26.0. The number of amides is 3. The lowest BCUT2D eigenvalue weighted by Crippen LogP contribution is -2.46. The first-order valence-corrected chi connectivity index (χ1v) is 12.1. The summed E-state index contributed by atoms with van der Waals surface area (Å²) in [4.78, 5) is 42.4. The van der Waals surface area contributed by atoms with Gasteiger partial charge in [-0.25, -0.2) is 9.69 Å². The molecular weight excluding hydrogens is 456 g/mol. The maximum atomic E-state index is 13.6. The maximum absolute atomic E-state index is 13.6. The highest BCUT2D eigenvalue weighted by Gasteiger charge is 2.41. The van der Waals surface area contributed by atoms with Gasteiger partial charge in [-0.1, -0.05) is 48.5 Å². The van der Waals surface area contributed by atoms with Gasteiger partial charge in [-0.05, 0) is 70.7 Å². The van der Waals surface area contributed by atoms with Crippen molar-refractivity contribution >= 4 is 23.6 Å². The largest absolute Gasteiger partial charge is 0.473 e. The highest BCUT2D eigenvalue weighted by atomic mass is 16.6. The average molecular weight is 489 g/mol. The smallest absolute Gasteiger partial charge is 0.417 e. The molecule has 0 aromatic heterocycles. The van der Waals surface area contributed by atoms with Crippen LogP contribution in [0.2, 0.25) is 0 Å². The van der Waals surface area contributed by atoms with Gasteiger partial charge in [-0.2, -0.15) is 0 Å². The fourth-order valence-electron chi connectivity index (χ4n) is 4.43. The molecule has 7 nitrogen and oxygen atoms in total. The second kappa shape index (κ2) is 10.0. The van der Waals surface area contributed by atoms with Crippen LogP contribution >= 0.6 is 0 Å². The minimum Gasteiger partial charge on any atom is -0.473 e. The molecule has 1 saturated heterocycles. The van der Waals surface area contributed by atoms with E-state index in [-0.39, 0.29) is 5.91 Å². The van der Waals surface area contributed by atoms with E-state index in [0.29, 0.717) is 29.7 Å². The van der Waals surface area contributed by atoms with Crippen LogP contribution < -0.4 is 4.90 Å². The molecule has 2 aliphatic rings. The minimum absolute atomic E-state index is 0.142. The van der Waals surface area contributed by atoms with Crippen molar-refractivity contribution in [1.82, 2.24) is 4.90 Å². The predicted octanol–water partition coefficient (Wildman–Crippen LogP) is 5.90. The van der Waals surface area contributed by atoms with Crippen LogP contribution in [-0.2, 0) is 19.1 Å². The molecule has 188 valence electrons. The number of carbonyl (C=O) groups excluding carboxylic acids is 3. The van der Waals surface area contributed by atoms with Gasteiger partial charge in [0, 0.05) is 11.3 Å². The number of rotatable bonds is 4. The number of benzene rings is 2. The molecule has 36 heavy (non-hydrogen) atoms. The summed E-state index contributed by atoms with van der Waals surface area (Å²) in [6, 6.07) is 18.3. The lowest BCUT2D eigenvalue weighted by atomic mass is 9.93. The fraction of sp³-hybridized carbons (Fsp3) is 0.345. The number of likely N-dealkylation sites (tertiary alicyclic amines) is 1. The van der Waals surface area contributed by atoms with Crippen molar-refractivity contribution in [3.05, 3.63) is 89.2 Å². The molecule has 0 bridgehead atoms. The van der Waals surface area contributed by atoms with Gasteiger partial charge in [-0.15, -0.1) is 0 Å². The standard InChI is InChI=1S/C29H32N2O5/c1-19-20(2)27(30(25(19)32)23-14-10-7-11-15-23)35-18-22-16-17-24(21-12-8-6-9-13-21)31(26(22)33)28(34)36-29(3,4)5/h6-15,18,24,27H,16-17H2,1-5H3/b22-18+. The van der Waals surface area contributed by atoms with Gasteiger partial charge < -0.3 is 9.47 Å². The summed E-state index contributed by atoms with van der Waals surface area (Å²) in [5.41, 5.74) is 2.55. The molecule has 1 fully saturated rings. The molecule has 2 aliphatic heterocycles. The van der Waals surface area contributed by atoms with E-state index < -0.39 is 29.9 Å². The Hall–Kier alpha value is -3.87. The van der Waals surface area contributed by atoms with Crippen LogP contribution in [-0.4, -0.2) is 34.6 Å². The number of anilines is 1. The van der Waals surface area contributed by atoms with Crippen LogP contribution in [0.4, 0.5) is 10.5 Å². The molecule has 2 heterocycles. The number of carbonyl (C=O) groups is 3. The molecule has 0 saturated carbocycles. The van der Waals surface area contributed by atoms with Crippen molar-refractivity contribution in [3.8, 4) is 0 Å². The number of piperidine rings is 1. The number of nitrogens with zero attached hydrogens (tertiary/aromatic N) is 2. The minimum atomic E-state index is -0.754. The van der Waals surface area contributed by atoms with Crippen LogP contribution in [0, 0.1) is 0 Å². The lowest BCUT2D eigenvalue weighted by Gasteiger charge is -2.36. The molecule has 2 aromatic rings. The van der Waals surface area contributed by atoms with E-state index >= 15 is 0 Å². The van der Waals surface area contributed by atoms with Crippen molar-refractivity contribution in [1.29, 1.82) is 0 Å². The van der Waals surface area contributed by atoms with Crippen molar-refractivity contribution < 1.29 is 23.9 Å². The summed E-state index contributed by atoms with van der Waals surface area (Å²) in [7, 11) is 0. The summed E-state index contributed by atoms with van der Waals surface area (Å²) in [6.45, 7) is 8.92. The van der Waals surface area contributed by atoms with Gasteiger partial charge in [0.15, 0.2) is 0 Å². The molecule has 0 N–H and O–H groups in total. The molecule has 7 heteroatoms. The normalized spacial score (nSPS) is 21.9. The van der Waals surface area contributed by atoms with Crippen LogP contribution in [0.3, 0.4) is 0 Å². The van der Waals surface area contributed by atoms with Gasteiger partial charge in [0.2, 0.25) is 6.23 Å². The molecule has 2 aromatic carbocycles. The summed E-state index contributed by atoms with van der Waals surface area (Å²) >= 11 is 0. The number of ether oxygens (including phenoxy) is 2. The molecule has 0 aliphatic carbocycles. The quantitative estimate of drug-likeness (QED) is 0.396. The average Bonchev–Trinajstić information content (AvgIpc) is 3.06. The van der Waals surface area contributed by atoms with Gasteiger partial charge in [0.1, 0.15) is 5.60 Å². The predicted molar refractivity (Wildman–Crippen MR) is 137 cm³/mol. The van der Waals surface area contributed by atoms with E-state index in [1.54, 1.807) is 32.6 Å². The van der Waals surface area contributed by atoms with Gasteiger partial charge in [0.05, 0.1) is 17.9 Å². The van der Waals surface area contributed by atoms with Crippen molar-refractivity contribution in [2.24, 2.45) is 0 Å². The Morgan fingerprint density at radius 2 is 1.56 bits per heavy atom. The molecule has 4 rings (SSSR count). The topological polar surface area (TPSA) is 76.2 Å².